The van der Waals surface area contributed by atoms with Gasteiger partial charge in [-0.2, -0.15) is 0 Å². The molecule has 0 saturated carbocycles. The van der Waals surface area contributed by atoms with Gasteiger partial charge in [-0.3, -0.25) is 9.59 Å². The molecule has 2 atom stereocenters. The number of esters is 1. The SMILES string of the molecule is CCCCCC/C=C\CCCCCCCC(=O)OCCCCCCCCCCCCCCCCCCCCCCCCCCC(=O)NC(CO)C(O)CCCCCCCCCCCCCCCCCCCCCCCCCCC. The maximum absolute atomic E-state index is 12.6. The van der Waals surface area contributed by atoms with Crippen LogP contribution in [-0.2, 0) is 14.3 Å². The van der Waals surface area contributed by atoms with Crippen molar-refractivity contribution in [1.29, 1.82) is 0 Å². The van der Waals surface area contributed by atoms with Crippen molar-refractivity contribution in [2.45, 2.75) is 431 Å². The summed E-state index contributed by atoms with van der Waals surface area (Å²) in [6, 6.07) is -0.542. The summed E-state index contributed by atoms with van der Waals surface area (Å²) in [7, 11) is 0. The van der Waals surface area contributed by atoms with Crippen LogP contribution in [0.4, 0.5) is 0 Å². The van der Waals surface area contributed by atoms with Gasteiger partial charge >= 0.3 is 5.97 Å². The zero-order valence-electron chi connectivity index (χ0n) is 53.9. The van der Waals surface area contributed by atoms with Gasteiger partial charge in [0.2, 0.25) is 5.91 Å². The van der Waals surface area contributed by atoms with Gasteiger partial charge in [-0.1, -0.05) is 366 Å². The van der Waals surface area contributed by atoms with Crippen LogP contribution in [0, 0.1) is 0 Å². The van der Waals surface area contributed by atoms with E-state index in [1.807, 2.05) is 0 Å². The first kappa shape index (κ1) is 77.6. The molecule has 0 aromatic rings. The third-order valence-corrected chi connectivity index (χ3v) is 17.3. The van der Waals surface area contributed by atoms with Crippen molar-refractivity contribution in [2.75, 3.05) is 13.2 Å². The molecule has 0 aromatic carbocycles. The van der Waals surface area contributed by atoms with Gasteiger partial charge in [0, 0.05) is 12.8 Å². The number of nitrogens with one attached hydrogen (secondary N) is 1. The highest BCUT2D eigenvalue weighted by Crippen LogP contribution is 2.20. The van der Waals surface area contributed by atoms with E-state index in [9.17, 15) is 19.8 Å². The number of aliphatic hydroxyl groups excluding tert-OH is 2. The number of carbonyl (C=O) groups excluding carboxylic acids is 2. The van der Waals surface area contributed by atoms with Crippen LogP contribution in [0.5, 0.6) is 0 Å². The second-order valence-electron chi connectivity index (χ2n) is 25.3. The Morgan fingerprint density at radius 3 is 0.911 bits per heavy atom. The van der Waals surface area contributed by atoms with E-state index >= 15 is 0 Å². The first-order chi connectivity index (χ1) is 39.0. The zero-order chi connectivity index (χ0) is 57.1. The molecule has 0 rings (SSSR count). The van der Waals surface area contributed by atoms with Crippen LogP contribution >= 0.6 is 0 Å². The summed E-state index contributed by atoms with van der Waals surface area (Å²) in [6.07, 6.45) is 85.5. The summed E-state index contributed by atoms with van der Waals surface area (Å²) in [4.78, 5) is 24.6. The molecular weight excluding hydrogens is 971 g/mol. The maximum Gasteiger partial charge on any atom is 0.305 e. The number of allylic oxidation sites excluding steroid dienone is 2. The first-order valence-corrected chi connectivity index (χ1v) is 36.4. The van der Waals surface area contributed by atoms with Crippen LogP contribution in [-0.4, -0.2) is 47.4 Å². The molecule has 0 aliphatic carbocycles. The normalized spacial score (nSPS) is 12.5. The summed E-state index contributed by atoms with van der Waals surface area (Å²) in [5, 5.41) is 23.5. The molecule has 0 radical (unpaired) electrons. The van der Waals surface area contributed by atoms with E-state index < -0.39 is 12.1 Å². The maximum atomic E-state index is 12.6. The van der Waals surface area contributed by atoms with Gasteiger partial charge < -0.3 is 20.3 Å². The third-order valence-electron chi connectivity index (χ3n) is 17.3. The minimum atomic E-state index is -0.665. The van der Waals surface area contributed by atoms with Crippen LogP contribution in [0.25, 0.3) is 0 Å². The molecule has 6 nitrogen and oxygen atoms in total. The lowest BCUT2D eigenvalue weighted by molar-refractivity contribution is -0.143. The number of carbonyl (C=O) groups is 2. The summed E-state index contributed by atoms with van der Waals surface area (Å²) in [5.41, 5.74) is 0. The van der Waals surface area contributed by atoms with Crippen molar-refractivity contribution in [3.05, 3.63) is 12.2 Å². The van der Waals surface area contributed by atoms with Gasteiger partial charge in [-0.05, 0) is 51.4 Å². The largest absolute Gasteiger partial charge is 0.466 e. The van der Waals surface area contributed by atoms with Crippen molar-refractivity contribution in [3.8, 4) is 0 Å². The molecule has 470 valence electrons. The standard InChI is InChI=1S/C73H143NO5/c1-3-5-7-9-11-13-15-17-18-19-20-21-22-23-26-29-32-35-38-42-45-49-53-57-61-65-71(76)70(69-75)74-72(77)66-62-58-54-50-46-43-39-36-33-30-27-24-25-28-31-34-37-40-44-48-52-56-60-64-68-79-73(78)67-63-59-55-51-47-41-16-14-12-10-8-6-4-2/h14,16,70-71,75-76H,3-13,15,17-69H2,1-2H3,(H,74,77)/b16-14-. The first-order valence-electron chi connectivity index (χ1n) is 36.4. The highest BCUT2D eigenvalue weighted by Gasteiger charge is 2.20. The van der Waals surface area contributed by atoms with Gasteiger partial charge in [0.05, 0.1) is 25.4 Å². The van der Waals surface area contributed by atoms with E-state index in [0.717, 1.165) is 44.9 Å². The lowest BCUT2D eigenvalue weighted by atomic mass is 10.0. The fraction of sp³-hybridized carbons (Fsp3) is 0.945. The number of hydrogen-bond acceptors (Lipinski definition) is 5. The number of aliphatic hydroxyl groups is 2. The predicted molar refractivity (Wildman–Crippen MR) is 347 cm³/mol. The van der Waals surface area contributed by atoms with E-state index in [1.54, 1.807) is 0 Å². The average molecular weight is 1110 g/mol. The molecule has 0 spiro atoms. The second kappa shape index (κ2) is 69.1. The Labute approximate surface area is 495 Å². The smallest absolute Gasteiger partial charge is 0.305 e. The molecule has 0 heterocycles. The molecule has 0 bridgehead atoms. The Morgan fingerprint density at radius 2 is 0.595 bits per heavy atom. The van der Waals surface area contributed by atoms with Gasteiger partial charge in [0.1, 0.15) is 0 Å². The summed E-state index contributed by atoms with van der Waals surface area (Å²) in [6.45, 7) is 4.98. The Hall–Kier alpha value is -1.40. The summed E-state index contributed by atoms with van der Waals surface area (Å²) >= 11 is 0. The van der Waals surface area contributed by atoms with E-state index in [-0.39, 0.29) is 18.5 Å². The molecular formula is C73H143NO5. The van der Waals surface area contributed by atoms with Crippen LogP contribution in [0.1, 0.15) is 418 Å². The average Bonchev–Trinajstić information content (AvgIpc) is 3.45. The molecule has 0 saturated heterocycles. The minimum Gasteiger partial charge on any atom is -0.466 e. The topological polar surface area (TPSA) is 95.9 Å². The zero-order valence-corrected chi connectivity index (χ0v) is 53.9. The van der Waals surface area contributed by atoms with Crippen molar-refractivity contribution in [1.82, 2.24) is 5.32 Å². The van der Waals surface area contributed by atoms with Gasteiger partial charge in [0.25, 0.3) is 0 Å². The lowest BCUT2D eigenvalue weighted by Crippen LogP contribution is -2.45. The Morgan fingerprint density at radius 1 is 0.342 bits per heavy atom. The van der Waals surface area contributed by atoms with Crippen molar-refractivity contribution >= 4 is 11.9 Å². The predicted octanol–water partition coefficient (Wildman–Crippen LogP) is 23.5. The van der Waals surface area contributed by atoms with E-state index in [4.69, 9.17) is 4.74 Å². The third kappa shape index (κ3) is 65.6. The highest BCUT2D eigenvalue weighted by atomic mass is 16.5. The molecule has 2 unspecified atom stereocenters. The second-order valence-corrected chi connectivity index (χ2v) is 25.3. The van der Waals surface area contributed by atoms with Crippen LogP contribution < -0.4 is 5.32 Å². The van der Waals surface area contributed by atoms with E-state index in [2.05, 4.69) is 31.3 Å². The van der Waals surface area contributed by atoms with Gasteiger partial charge in [-0.15, -0.1) is 0 Å². The Bertz CT molecular complexity index is 1190. The molecule has 0 aromatic heterocycles. The fourth-order valence-electron chi connectivity index (χ4n) is 11.8. The van der Waals surface area contributed by atoms with Crippen molar-refractivity contribution in [3.63, 3.8) is 0 Å². The number of hydrogen-bond donors (Lipinski definition) is 3. The highest BCUT2D eigenvalue weighted by molar-refractivity contribution is 5.76. The molecule has 79 heavy (non-hydrogen) atoms. The van der Waals surface area contributed by atoms with Crippen molar-refractivity contribution < 1.29 is 24.5 Å². The quantitative estimate of drug-likeness (QED) is 0.0320. The number of ether oxygens (including phenoxy) is 1. The van der Waals surface area contributed by atoms with E-state index in [1.165, 1.54) is 340 Å². The van der Waals surface area contributed by atoms with Gasteiger partial charge in [-0.25, -0.2) is 0 Å². The van der Waals surface area contributed by atoms with Crippen LogP contribution in [0.15, 0.2) is 12.2 Å². The molecule has 6 heteroatoms. The molecule has 0 fully saturated rings. The molecule has 0 aliphatic heterocycles. The molecule has 3 N–H and O–H groups in total. The van der Waals surface area contributed by atoms with Gasteiger partial charge in [0.15, 0.2) is 0 Å². The number of unbranched alkanes of at least 4 members (excludes halogenated alkanes) is 56. The molecule has 0 aliphatic rings. The van der Waals surface area contributed by atoms with E-state index in [0.29, 0.717) is 25.9 Å². The minimum absolute atomic E-state index is 0.00745. The summed E-state index contributed by atoms with van der Waals surface area (Å²) < 4.78 is 5.48. The van der Waals surface area contributed by atoms with Crippen molar-refractivity contribution in [2.24, 2.45) is 0 Å². The van der Waals surface area contributed by atoms with Crippen LogP contribution in [0.2, 0.25) is 0 Å². The Balaban J connectivity index is 3.37. The summed E-state index contributed by atoms with van der Waals surface area (Å²) in [5.74, 6) is -0.0208. The van der Waals surface area contributed by atoms with Crippen LogP contribution in [0.3, 0.4) is 0 Å². The number of rotatable bonds is 69. The molecule has 1 amide bonds. The monoisotopic (exact) mass is 1110 g/mol. The fourth-order valence-corrected chi connectivity index (χ4v) is 11.8. The number of amides is 1. The lowest BCUT2D eigenvalue weighted by Gasteiger charge is -2.22. The Kier molecular flexibility index (Phi) is 67.9.